The third-order valence-electron chi connectivity index (χ3n) is 4.60. The molecule has 1 amide bonds. The molecular formula is C24H18BrNO2S3. The molecule has 7 heteroatoms. The van der Waals surface area contributed by atoms with Crippen molar-refractivity contribution in [3.05, 3.63) is 93.3 Å². The first-order chi connectivity index (χ1) is 15.0. The van der Waals surface area contributed by atoms with Gasteiger partial charge in [-0.3, -0.25) is 9.69 Å². The summed E-state index contributed by atoms with van der Waals surface area (Å²) in [7, 11) is 0. The van der Waals surface area contributed by atoms with E-state index in [2.05, 4.69) is 15.9 Å². The SMILES string of the molecule is CSc1cccc(N2C(=O)/C(=C\c3ccc(OCc4ccccc4)c(Br)c3)SC2=S)c1. The van der Waals surface area contributed by atoms with E-state index in [9.17, 15) is 4.79 Å². The molecule has 0 spiro atoms. The van der Waals surface area contributed by atoms with Gasteiger partial charge in [-0.05, 0) is 69.7 Å². The number of ether oxygens (including phenoxy) is 1. The summed E-state index contributed by atoms with van der Waals surface area (Å²) in [4.78, 5) is 16.3. The van der Waals surface area contributed by atoms with Gasteiger partial charge in [0.15, 0.2) is 4.32 Å². The highest BCUT2D eigenvalue weighted by Gasteiger charge is 2.33. The number of thioether (sulfide) groups is 2. The van der Waals surface area contributed by atoms with Gasteiger partial charge in [0.1, 0.15) is 12.4 Å². The minimum Gasteiger partial charge on any atom is -0.488 e. The Labute approximate surface area is 204 Å². The smallest absolute Gasteiger partial charge is 0.270 e. The van der Waals surface area contributed by atoms with Gasteiger partial charge in [-0.25, -0.2) is 0 Å². The van der Waals surface area contributed by atoms with Gasteiger partial charge in [0.25, 0.3) is 5.91 Å². The van der Waals surface area contributed by atoms with Crippen LogP contribution < -0.4 is 9.64 Å². The Morgan fingerprint density at radius 3 is 2.65 bits per heavy atom. The lowest BCUT2D eigenvalue weighted by Gasteiger charge is -2.15. The Morgan fingerprint density at radius 2 is 1.90 bits per heavy atom. The molecule has 0 aromatic heterocycles. The standard InChI is InChI=1S/C24H18BrNO2S3/c1-30-19-9-5-8-18(14-19)26-23(27)22(31-24(26)29)13-17-10-11-21(20(25)12-17)28-15-16-6-3-2-4-7-16/h2-14H,15H2,1H3/b22-13+. The Morgan fingerprint density at radius 1 is 1.10 bits per heavy atom. The summed E-state index contributed by atoms with van der Waals surface area (Å²) < 4.78 is 7.28. The van der Waals surface area contributed by atoms with E-state index < -0.39 is 0 Å². The summed E-state index contributed by atoms with van der Waals surface area (Å²) in [5.41, 5.74) is 2.80. The number of halogens is 1. The van der Waals surface area contributed by atoms with Crippen LogP contribution in [-0.2, 0) is 11.4 Å². The Bertz CT molecular complexity index is 1160. The molecule has 1 aliphatic rings. The fourth-order valence-corrected chi connectivity index (χ4v) is 5.31. The summed E-state index contributed by atoms with van der Waals surface area (Å²) in [5, 5.41) is 0. The largest absolute Gasteiger partial charge is 0.488 e. The highest BCUT2D eigenvalue weighted by molar-refractivity contribution is 9.10. The van der Waals surface area contributed by atoms with Gasteiger partial charge >= 0.3 is 0 Å². The number of thiocarbonyl (C=S) groups is 1. The average Bonchev–Trinajstić information content (AvgIpc) is 3.06. The van der Waals surface area contributed by atoms with Crippen LogP contribution in [0.4, 0.5) is 5.69 Å². The predicted octanol–water partition coefficient (Wildman–Crippen LogP) is 7.16. The first kappa shape index (κ1) is 22.1. The molecule has 3 nitrogen and oxygen atoms in total. The van der Waals surface area contributed by atoms with Crippen LogP contribution >= 0.6 is 51.7 Å². The fourth-order valence-electron chi connectivity index (χ4n) is 3.05. The van der Waals surface area contributed by atoms with E-state index in [1.807, 2.05) is 85.1 Å². The van der Waals surface area contributed by atoms with Crippen LogP contribution in [0, 0.1) is 0 Å². The lowest BCUT2D eigenvalue weighted by atomic mass is 10.2. The molecule has 31 heavy (non-hydrogen) atoms. The van der Waals surface area contributed by atoms with E-state index in [1.54, 1.807) is 16.7 Å². The number of hydrogen-bond acceptors (Lipinski definition) is 5. The normalized spacial score (nSPS) is 15.0. The highest BCUT2D eigenvalue weighted by Crippen LogP contribution is 2.37. The fraction of sp³-hybridized carbons (Fsp3) is 0.0833. The minimum absolute atomic E-state index is 0.103. The first-order valence-electron chi connectivity index (χ1n) is 9.43. The number of benzene rings is 3. The third kappa shape index (κ3) is 5.23. The van der Waals surface area contributed by atoms with Gasteiger partial charge in [0, 0.05) is 4.90 Å². The lowest BCUT2D eigenvalue weighted by molar-refractivity contribution is -0.113. The van der Waals surface area contributed by atoms with E-state index in [0.29, 0.717) is 15.8 Å². The van der Waals surface area contributed by atoms with Crippen molar-refractivity contribution in [3.8, 4) is 5.75 Å². The molecule has 1 heterocycles. The van der Waals surface area contributed by atoms with Gasteiger partial charge in [-0.1, -0.05) is 66.4 Å². The minimum atomic E-state index is -0.103. The molecule has 3 aromatic carbocycles. The topological polar surface area (TPSA) is 29.5 Å². The quantitative estimate of drug-likeness (QED) is 0.193. The van der Waals surface area contributed by atoms with E-state index in [0.717, 1.165) is 31.9 Å². The molecule has 4 rings (SSSR count). The van der Waals surface area contributed by atoms with Crippen molar-refractivity contribution >= 4 is 73.7 Å². The zero-order valence-electron chi connectivity index (χ0n) is 16.6. The number of nitrogens with zero attached hydrogens (tertiary/aromatic N) is 1. The second-order valence-electron chi connectivity index (χ2n) is 6.68. The van der Waals surface area contributed by atoms with Crippen LogP contribution in [0.5, 0.6) is 5.75 Å². The van der Waals surface area contributed by atoms with Crippen LogP contribution in [0.1, 0.15) is 11.1 Å². The molecule has 1 saturated heterocycles. The van der Waals surface area contributed by atoms with Crippen LogP contribution in [0.3, 0.4) is 0 Å². The molecular weight excluding hydrogens is 510 g/mol. The number of anilines is 1. The van der Waals surface area contributed by atoms with Crippen molar-refractivity contribution < 1.29 is 9.53 Å². The maximum atomic E-state index is 13.0. The van der Waals surface area contributed by atoms with Crippen molar-refractivity contribution in [2.45, 2.75) is 11.5 Å². The Balaban J connectivity index is 1.51. The summed E-state index contributed by atoms with van der Waals surface area (Å²) in [6, 6.07) is 23.6. The maximum Gasteiger partial charge on any atom is 0.270 e. The van der Waals surface area contributed by atoms with Crippen LogP contribution in [0.25, 0.3) is 6.08 Å². The van der Waals surface area contributed by atoms with E-state index >= 15 is 0 Å². The zero-order chi connectivity index (χ0) is 21.8. The molecule has 3 aromatic rings. The monoisotopic (exact) mass is 527 g/mol. The van der Waals surface area contributed by atoms with Crippen LogP contribution in [0.2, 0.25) is 0 Å². The van der Waals surface area contributed by atoms with Crippen LogP contribution in [-0.4, -0.2) is 16.5 Å². The number of hydrogen-bond donors (Lipinski definition) is 0. The Kier molecular flexibility index (Phi) is 7.17. The molecule has 156 valence electrons. The maximum absolute atomic E-state index is 13.0. The van der Waals surface area contributed by atoms with Crippen molar-refractivity contribution in [1.29, 1.82) is 0 Å². The first-order valence-corrected chi connectivity index (χ1v) is 12.7. The zero-order valence-corrected chi connectivity index (χ0v) is 20.6. The van der Waals surface area contributed by atoms with E-state index in [-0.39, 0.29) is 5.91 Å². The average molecular weight is 529 g/mol. The summed E-state index contributed by atoms with van der Waals surface area (Å²) in [5.74, 6) is 0.649. The van der Waals surface area contributed by atoms with Crippen molar-refractivity contribution in [2.24, 2.45) is 0 Å². The molecule has 0 bridgehead atoms. The van der Waals surface area contributed by atoms with E-state index in [4.69, 9.17) is 17.0 Å². The highest BCUT2D eigenvalue weighted by atomic mass is 79.9. The van der Waals surface area contributed by atoms with Gasteiger partial charge in [0.05, 0.1) is 15.1 Å². The van der Waals surface area contributed by atoms with Gasteiger partial charge in [-0.2, -0.15) is 0 Å². The van der Waals surface area contributed by atoms with E-state index in [1.165, 1.54) is 11.8 Å². The molecule has 0 unspecified atom stereocenters. The molecule has 1 fully saturated rings. The second-order valence-corrected chi connectivity index (χ2v) is 10.1. The Hall–Kier alpha value is -2.06. The number of carbonyl (C=O) groups is 1. The predicted molar refractivity (Wildman–Crippen MR) is 139 cm³/mol. The number of carbonyl (C=O) groups excluding carboxylic acids is 1. The summed E-state index contributed by atoms with van der Waals surface area (Å²) in [6.07, 6.45) is 3.87. The summed E-state index contributed by atoms with van der Waals surface area (Å²) >= 11 is 12.0. The van der Waals surface area contributed by atoms with Gasteiger partial charge in [-0.15, -0.1) is 11.8 Å². The molecule has 0 atom stereocenters. The number of amides is 1. The molecule has 0 radical (unpaired) electrons. The van der Waals surface area contributed by atoms with Crippen molar-refractivity contribution in [3.63, 3.8) is 0 Å². The van der Waals surface area contributed by atoms with Crippen LogP contribution in [0.15, 0.2) is 87.1 Å². The molecule has 1 aliphatic heterocycles. The number of rotatable bonds is 6. The van der Waals surface area contributed by atoms with Crippen molar-refractivity contribution in [2.75, 3.05) is 11.2 Å². The van der Waals surface area contributed by atoms with Gasteiger partial charge in [0.2, 0.25) is 0 Å². The molecule has 0 N–H and O–H groups in total. The third-order valence-corrected chi connectivity index (χ3v) is 7.24. The lowest BCUT2D eigenvalue weighted by Crippen LogP contribution is -2.27. The second kappa shape index (κ2) is 10.0. The molecule has 0 saturated carbocycles. The van der Waals surface area contributed by atoms with Gasteiger partial charge < -0.3 is 4.74 Å². The summed E-state index contributed by atoms with van der Waals surface area (Å²) in [6.45, 7) is 0.493. The molecule has 0 aliphatic carbocycles. The van der Waals surface area contributed by atoms with Crippen molar-refractivity contribution in [1.82, 2.24) is 0 Å².